The first-order valence-electron chi connectivity index (χ1n) is 6.92. The van der Waals surface area contributed by atoms with Crippen molar-refractivity contribution < 1.29 is 4.74 Å². The van der Waals surface area contributed by atoms with Gasteiger partial charge in [0.05, 0.1) is 12.8 Å². The summed E-state index contributed by atoms with van der Waals surface area (Å²) in [5, 5.41) is 3.33. The zero-order valence-electron chi connectivity index (χ0n) is 12.4. The van der Waals surface area contributed by atoms with Crippen molar-refractivity contribution in [1.29, 1.82) is 0 Å². The number of para-hydroxylation sites is 2. The van der Waals surface area contributed by atoms with Crippen LogP contribution in [0.2, 0.25) is 0 Å². The lowest BCUT2D eigenvalue weighted by molar-refractivity contribution is 0.415. The molecule has 0 aliphatic heterocycles. The SMILES string of the molecule is CCNCc1ccc(N(C)c2ccccc2OC)cc1. The first-order chi connectivity index (χ1) is 9.76. The van der Waals surface area contributed by atoms with Gasteiger partial charge in [-0.3, -0.25) is 0 Å². The molecule has 0 aromatic heterocycles. The van der Waals surface area contributed by atoms with Crippen molar-refractivity contribution in [2.24, 2.45) is 0 Å². The van der Waals surface area contributed by atoms with E-state index in [4.69, 9.17) is 4.74 Å². The Morgan fingerprint density at radius 2 is 1.75 bits per heavy atom. The number of anilines is 2. The molecular weight excluding hydrogens is 248 g/mol. The van der Waals surface area contributed by atoms with Crippen LogP contribution in [0.25, 0.3) is 0 Å². The molecule has 0 radical (unpaired) electrons. The summed E-state index contributed by atoms with van der Waals surface area (Å²) in [7, 11) is 3.75. The monoisotopic (exact) mass is 270 g/mol. The second-order valence-electron chi connectivity index (χ2n) is 4.68. The van der Waals surface area contributed by atoms with E-state index in [1.807, 2.05) is 18.2 Å². The van der Waals surface area contributed by atoms with E-state index >= 15 is 0 Å². The minimum absolute atomic E-state index is 0.881. The summed E-state index contributed by atoms with van der Waals surface area (Å²) in [4.78, 5) is 2.13. The topological polar surface area (TPSA) is 24.5 Å². The molecule has 3 heteroatoms. The van der Waals surface area contributed by atoms with Crippen LogP contribution in [0.4, 0.5) is 11.4 Å². The summed E-state index contributed by atoms with van der Waals surface area (Å²) in [6.45, 7) is 4.02. The van der Waals surface area contributed by atoms with Crippen LogP contribution >= 0.6 is 0 Å². The number of ether oxygens (including phenoxy) is 1. The van der Waals surface area contributed by atoms with Gasteiger partial charge in [0.15, 0.2) is 0 Å². The molecule has 0 heterocycles. The lowest BCUT2D eigenvalue weighted by atomic mass is 10.2. The lowest BCUT2D eigenvalue weighted by Gasteiger charge is -2.22. The van der Waals surface area contributed by atoms with Crippen LogP contribution < -0.4 is 15.0 Å². The van der Waals surface area contributed by atoms with Crippen LogP contribution in [0, 0.1) is 0 Å². The van der Waals surface area contributed by atoms with E-state index < -0.39 is 0 Å². The Morgan fingerprint density at radius 3 is 2.40 bits per heavy atom. The molecule has 0 unspecified atom stereocenters. The van der Waals surface area contributed by atoms with E-state index in [9.17, 15) is 0 Å². The molecule has 2 rings (SSSR count). The highest BCUT2D eigenvalue weighted by molar-refractivity contribution is 5.68. The van der Waals surface area contributed by atoms with Gasteiger partial charge in [0.25, 0.3) is 0 Å². The lowest BCUT2D eigenvalue weighted by Crippen LogP contribution is -2.13. The van der Waals surface area contributed by atoms with Crippen molar-refractivity contribution >= 4 is 11.4 Å². The predicted molar refractivity (Wildman–Crippen MR) is 84.9 cm³/mol. The van der Waals surface area contributed by atoms with E-state index in [1.165, 1.54) is 5.56 Å². The highest BCUT2D eigenvalue weighted by Crippen LogP contribution is 2.32. The van der Waals surface area contributed by atoms with Gasteiger partial charge in [-0.05, 0) is 36.4 Å². The van der Waals surface area contributed by atoms with Gasteiger partial charge in [-0.2, -0.15) is 0 Å². The Morgan fingerprint density at radius 1 is 1.05 bits per heavy atom. The smallest absolute Gasteiger partial charge is 0.142 e. The van der Waals surface area contributed by atoms with Gasteiger partial charge in [0.2, 0.25) is 0 Å². The Kier molecular flexibility index (Phi) is 5.02. The third-order valence-electron chi connectivity index (χ3n) is 3.35. The van der Waals surface area contributed by atoms with Gasteiger partial charge in [-0.1, -0.05) is 31.2 Å². The highest BCUT2D eigenvalue weighted by Gasteiger charge is 2.08. The molecule has 0 fully saturated rings. The Hall–Kier alpha value is -2.00. The van der Waals surface area contributed by atoms with Crippen LogP contribution in [0.1, 0.15) is 12.5 Å². The first kappa shape index (κ1) is 14.4. The maximum Gasteiger partial charge on any atom is 0.142 e. The summed E-state index contributed by atoms with van der Waals surface area (Å²) in [6.07, 6.45) is 0. The van der Waals surface area contributed by atoms with Gasteiger partial charge in [-0.15, -0.1) is 0 Å². The van der Waals surface area contributed by atoms with Gasteiger partial charge >= 0.3 is 0 Å². The molecule has 0 bridgehead atoms. The van der Waals surface area contributed by atoms with Crippen molar-refractivity contribution in [3.63, 3.8) is 0 Å². The number of benzene rings is 2. The highest BCUT2D eigenvalue weighted by atomic mass is 16.5. The average molecular weight is 270 g/mol. The van der Waals surface area contributed by atoms with Crippen molar-refractivity contribution in [2.45, 2.75) is 13.5 Å². The molecule has 0 aliphatic carbocycles. The van der Waals surface area contributed by atoms with Crippen molar-refractivity contribution in [2.75, 3.05) is 25.6 Å². The molecule has 2 aromatic rings. The maximum absolute atomic E-state index is 5.41. The Balaban J connectivity index is 2.18. The number of nitrogens with one attached hydrogen (secondary N) is 1. The molecule has 0 spiro atoms. The van der Waals surface area contributed by atoms with E-state index in [0.717, 1.165) is 30.2 Å². The average Bonchev–Trinajstić information content (AvgIpc) is 2.52. The number of methoxy groups -OCH3 is 1. The number of hydrogen-bond acceptors (Lipinski definition) is 3. The fraction of sp³-hybridized carbons (Fsp3) is 0.294. The van der Waals surface area contributed by atoms with Gasteiger partial charge in [0, 0.05) is 19.3 Å². The van der Waals surface area contributed by atoms with Crippen molar-refractivity contribution in [3.05, 3.63) is 54.1 Å². The molecule has 20 heavy (non-hydrogen) atoms. The summed E-state index contributed by atoms with van der Waals surface area (Å²) in [5.41, 5.74) is 3.51. The quantitative estimate of drug-likeness (QED) is 0.868. The van der Waals surface area contributed by atoms with Gasteiger partial charge in [0.1, 0.15) is 5.75 Å². The van der Waals surface area contributed by atoms with Gasteiger partial charge in [-0.25, -0.2) is 0 Å². The zero-order chi connectivity index (χ0) is 14.4. The second kappa shape index (κ2) is 6.96. The molecule has 0 atom stereocenters. The summed E-state index contributed by atoms with van der Waals surface area (Å²) >= 11 is 0. The largest absolute Gasteiger partial charge is 0.495 e. The molecule has 1 N–H and O–H groups in total. The molecule has 0 saturated carbocycles. The van der Waals surface area contributed by atoms with E-state index in [1.54, 1.807) is 7.11 Å². The van der Waals surface area contributed by atoms with Crippen LogP contribution in [-0.2, 0) is 6.54 Å². The third kappa shape index (κ3) is 3.31. The predicted octanol–water partition coefficient (Wildman–Crippen LogP) is 3.57. The normalized spacial score (nSPS) is 10.3. The maximum atomic E-state index is 5.41. The standard InChI is InChI=1S/C17H22N2O/c1-4-18-13-14-9-11-15(12-10-14)19(2)16-7-5-6-8-17(16)20-3/h5-12,18H,4,13H2,1-3H3. The first-order valence-corrected chi connectivity index (χ1v) is 6.92. The van der Waals surface area contributed by atoms with Gasteiger partial charge < -0.3 is 15.0 Å². The van der Waals surface area contributed by atoms with Crippen LogP contribution in [0.5, 0.6) is 5.75 Å². The minimum Gasteiger partial charge on any atom is -0.495 e. The molecular formula is C17H22N2O. The molecule has 0 aliphatic rings. The zero-order valence-corrected chi connectivity index (χ0v) is 12.4. The molecule has 3 nitrogen and oxygen atoms in total. The van der Waals surface area contributed by atoms with Crippen LogP contribution in [0.15, 0.2) is 48.5 Å². The van der Waals surface area contributed by atoms with E-state index in [-0.39, 0.29) is 0 Å². The molecule has 2 aromatic carbocycles. The van der Waals surface area contributed by atoms with Crippen LogP contribution in [-0.4, -0.2) is 20.7 Å². The summed E-state index contributed by atoms with van der Waals surface area (Å²) in [6, 6.07) is 16.6. The number of nitrogens with zero attached hydrogens (tertiary/aromatic N) is 1. The fourth-order valence-corrected chi connectivity index (χ4v) is 2.15. The molecule has 0 amide bonds. The molecule has 106 valence electrons. The fourth-order valence-electron chi connectivity index (χ4n) is 2.15. The minimum atomic E-state index is 0.881. The summed E-state index contributed by atoms with van der Waals surface area (Å²) in [5.74, 6) is 0.881. The second-order valence-corrected chi connectivity index (χ2v) is 4.68. The number of rotatable bonds is 6. The van der Waals surface area contributed by atoms with Crippen molar-refractivity contribution in [1.82, 2.24) is 5.32 Å². The third-order valence-corrected chi connectivity index (χ3v) is 3.35. The summed E-state index contributed by atoms with van der Waals surface area (Å²) < 4.78 is 5.41. The van der Waals surface area contributed by atoms with E-state index in [2.05, 4.69) is 54.5 Å². The van der Waals surface area contributed by atoms with E-state index in [0.29, 0.717) is 0 Å². The Labute approximate surface area is 121 Å². The Bertz CT molecular complexity index is 537. The molecule has 0 saturated heterocycles. The number of hydrogen-bond donors (Lipinski definition) is 1. The van der Waals surface area contributed by atoms with Crippen LogP contribution in [0.3, 0.4) is 0 Å². The van der Waals surface area contributed by atoms with Crippen molar-refractivity contribution in [3.8, 4) is 5.75 Å².